The van der Waals surface area contributed by atoms with Gasteiger partial charge in [-0.05, 0) is 12.5 Å². The van der Waals surface area contributed by atoms with Crippen LogP contribution in [-0.2, 0) is 11.2 Å². The monoisotopic (exact) mass is 272 g/mol. The molecule has 98 valence electrons. The Balaban J connectivity index is 3.31. The molecule has 0 aromatic heterocycles. The molecule has 5 nitrogen and oxygen atoms in total. The van der Waals surface area contributed by atoms with Crippen molar-refractivity contribution >= 4 is 23.9 Å². The summed E-state index contributed by atoms with van der Waals surface area (Å²) in [6, 6.07) is 1.44. The second-order valence-corrected chi connectivity index (χ2v) is 3.91. The minimum Gasteiger partial charge on any atom is -0.492 e. The first-order valence-corrected chi connectivity index (χ1v) is 5.53. The third-order valence-electron chi connectivity index (χ3n) is 2.44. The van der Waals surface area contributed by atoms with Crippen LogP contribution in [0.4, 0.5) is 0 Å². The topological polar surface area (TPSA) is 72.8 Å². The van der Waals surface area contributed by atoms with Gasteiger partial charge in [0.25, 0.3) is 0 Å². The van der Waals surface area contributed by atoms with Crippen molar-refractivity contribution in [2.24, 2.45) is 0 Å². The second-order valence-electron chi connectivity index (χ2n) is 3.50. The Morgan fingerprint density at radius 3 is 2.44 bits per heavy atom. The number of methoxy groups -OCH3 is 2. The zero-order chi connectivity index (χ0) is 13.7. The van der Waals surface area contributed by atoms with Crippen LogP contribution >= 0.6 is 11.6 Å². The van der Waals surface area contributed by atoms with Crippen molar-refractivity contribution in [3.8, 4) is 11.5 Å². The van der Waals surface area contributed by atoms with Crippen LogP contribution in [0, 0.1) is 0 Å². The lowest BCUT2D eigenvalue weighted by Gasteiger charge is -2.15. The summed E-state index contributed by atoms with van der Waals surface area (Å²) in [4.78, 5) is 21.5. The largest absolute Gasteiger partial charge is 0.492 e. The van der Waals surface area contributed by atoms with Gasteiger partial charge in [0.05, 0.1) is 19.8 Å². The van der Waals surface area contributed by atoms with Gasteiger partial charge in [-0.15, -0.1) is 0 Å². The SMILES string of the molecule is COc1c(C=O)cc(Cl)c(CCC(=O)O)c1OC. The van der Waals surface area contributed by atoms with Crippen molar-refractivity contribution in [1.29, 1.82) is 0 Å². The number of carbonyl (C=O) groups is 2. The maximum atomic E-state index is 10.9. The molecule has 1 rings (SSSR count). The van der Waals surface area contributed by atoms with Gasteiger partial charge in [-0.25, -0.2) is 0 Å². The molecule has 0 atom stereocenters. The van der Waals surface area contributed by atoms with E-state index in [0.717, 1.165) is 0 Å². The summed E-state index contributed by atoms with van der Waals surface area (Å²) in [6.07, 6.45) is 0.723. The molecule has 0 fully saturated rings. The van der Waals surface area contributed by atoms with E-state index < -0.39 is 5.97 Å². The number of halogens is 1. The smallest absolute Gasteiger partial charge is 0.303 e. The summed E-state index contributed by atoms with van der Waals surface area (Å²) in [7, 11) is 2.81. The minimum atomic E-state index is -0.938. The molecule has 1 N–H and O–H groups in total. The van der Waals surface area contributed by atoms with Crippen molar-refractivity contribution in [2.45, 2.75) is 12.8 Å². The molecule has 0 aliphatic carbocycles. The fraction of sp³-hybridized carbons (Fsp3) is 0.333. The van der Waals surface area contributed by atoms with Crippen molar-refractivity contribution in [2.75, 3.05) is 14.2 Å². The van der Waals surface area contributed by atoms with Crippen LogP contribution in [0.3, 0.4) is 0 Å². The fourth-order valence-corrected chi connectivity index (χ4v) is 1.94. The number of benzene rings is 1. The lowest BCUT2D eigenvalue weighted by atomic mass is 10.0. The van der Waals surface area contributed by atoms with Gasteiger partial charge in [-0.1, -0.05) is 11.6 Å². The molecule has 0 aliphatic heterocycles. The van der Waals surface area contributed by atoms with Gasteiger partial charge in [0.2, 0.25) is 0 Å². The molecular weight excluding hydrogens is 260 g/mol. The Hall–Kier alpha value is -1.75. The third-order valence-corrected chi connectivity index (χ3v) is 2.77. The molecule has 0 amide bonds. The molecular formula is C12H13ClO5. The summed E-state index contributed by atoms with van der Waals surface area (Å²) < 4.78 is 10.3. The van der Waals surface area contributed by atoms with Gasteiger partial charge < -0.3 is 14.6 Å². The average molecular weight is 273 g/mol. The number of carboxylic acid groups (broad SMARTS) is 1. The number of hydrogen-bond donors (Lipinski definition) is 1. The third kappa shape index (κ3) is 2.92. The van der Waals surface area contributed by atoms with Gasteiger partial charge in [0, 0.05) is 17.0 Å². The molecule has 0 saturated carbocycles. The minimum absolute atomic E-state index is 0.0837. The zero-order valence-corrected chi connectivity index (χ0v) is 10.8. The highest BCUT2D eigenvalue weighted by Crippen LogP contribution is 2.39. The summed E-state index contributed by atoms with van der Waals surface area (Å²) in [5, 5.41) is 8.97. The molecule has 0 radical (unpaired) electrons. The van der Waals surface area contributed by atoms with Gasteiger partial charge in [-0.2, -0.15) is 0 Å². The summed E-state index contributed by atoms with van der Waals surface area (Å²) in [5.74, 6) is -0.378. The van der Waals surface area contributed by atoms with Gasteiger partial charge in [-0.3, -0.25) is 9.59 Å². The molecule has 0 heterocycles. The predicted molar refractivity (Wildman–Crippen MR) is 65.9 cm³/mol. The van der Waals surface area contributed by atoms with Crippen LogP contribution in [0.1, 0.15) is 22.3 Å². The molecule has 0 bridgehead atoms. The first kappa shape index (κ1) is 14.3. The number of rotatable bonds is 6. The zero-order valence-electron chi connectivity index (χ0n) is 10.0. The van der Waals surface area contributed by atoms with Crippen LogP contribution in [0.5, 0.6) is 11.5 Å². The van der Waals surface area contributed by atoms with Crippen molar-refractivity contribution in [1.82, 2.24) is 0 Å². The van der Waals surface area contributed by atoms with E-state index in [9.17, 15) is 9.59 Å². The number of aldehydes is 1. The van der Waals surface area contributed by atoms with Crippen molar-refractivity contribution in [3.05, 3.63) is 22.2 Å². The summed E-state index contributed by atoms with van der Waals surface area (Å²) in [5.41, 5.74) is 0.780. The van der Waals surface area contributed by atoms with Crippen LogP contribution in [0.15, 0.2) is 6.07 Å². The Labute approximate surface area is 109 Å². The number of carbonyl (C=O) groups excluding carboxylic acids is 1. The van der Waals surface area contributed by atoms with E-state index in [1.807, 2.05) is 0 Å². The number of aliphatic carboxylic acids is 1. The van der Waals surface area contributed by atoms with E-state index in [1.165, 1.54) is 20.3 Å². The first-order chi connectivity index (χ1) is 8.54. The van der Waals surface area contributed by atoms with E-state index in [1.54, 1.807) is 0 Å². The molecule has 1 aromatic carbocycles. The number of carboxylic acids is 1. The van der Waals surface area contributed by atoms with Gasteiger partial charge in [0.1, 0.15) is 0 Å². The highest BCUT2D eigenvalue weighted by atomic mass is 35.5. The molecule has 0 aliphatic rings. The Bertz CT molecular complexity index is 470. The Kier molecular flexibility index (Phi) is 4.97. The van der Waals surface area contributed by atoms with Crippen LogP contribution in [0.2, 0.25) is 5.02 Å². The van der Waals surface area contributed by atoms with E-state index in [4.69, 9.17) is 26.2 Å². The van der Waals surface area contributed by atoms with Crippen molar-refractivity contribution in [3.63, 3.8) is 0 Å². The van der Waals surface area contributed by atoms with E-state index in [2.05, 4.69) is 0 Å². The number of ether oxygens (including phenoxy) is 2. The van der Waals surface area contributed by atoms with Crippen LogP contribution < -0.4 is 9.47 Å². The summed E-state index contributed by atoms with van der Waals surface area (Å²) >= 11 is 6.02. The van der Waals surface area contributed by atoms with Gasteiger partial charge in [0.15, 0.2) is 17.8 Å². The first-order valence-electron chi connectivity index (χ1n) is 5.15. The molecule has 0 saturated heterocycles. The molecule has 1 aromatic rings. The average Bonchev–Trinajstić information content (AvgIpc) is 2.35. The molecule has 6 heteroatoms. The van der Waals surface area contributed by atoms with Crippen molar-refractivity contribution < 1.29 is 24.2 Å². The lowest BCUT2D eigenvalue weighted by molar-refractivity contribution is -0.136. The normalized spacial score (nSPS) is 9.94. The summed E-state index contributed by atoms with van der Waals surface area (Å²) in [6.45, 7) is 0. The maximum Gasteiger partial charge on any atom is 0.303 e. The Morgan fingerprint density at radius 2 is 2.00 bits per heavy atom. The second kappa shape index (κ2) is 6.26. The molecule has 0 unspecified atom stereocenters. The van der Waals surface area contributed by atoms with E-state index in [-0.39, 0.29) is 29.2 Å². The maximum absolute atomic E-state index is 10.9. The number of hydrogen-bond acceptors (Lipinski definition) is 4. The van der Waals surface area contributed by atoms with E-state index >= 15 is 0 Å². The lowest BCUT2D eigenvalue weighted by Crippen LogP contribution is -2.03. The Morgan fingerprint density at radius 1 is 1.39 bits per heavy atom. The predicted octanol–water partition coefficient (Wildman–Crippen LogP) is 2.19. The van der Waals surface area contributed by atoms with Crippen LogP contribution in [-0.4, -0.2) is 31.6 Å². The molecule has 18 heavy (non-hydrogen) atoms. The van der Waals surface area contributed by atoms with Gasteiger partial charge >= 0.3 is 5.97 Å². The van der Waals surface area contributed by atoms with E-state index in [0.29, 0.717) is 17.6 Å². The quantitative estimate of drug-likeness (QED) is 0.804. The standard InChI is InChI=1S/C12H13ClO5/c1-17-11-7(6-14)5-9(13)8(12(11)18-2)3-4-10(15)16/h5-6H,3-4H2,1-2H3,(H,15,16). The fourth-order valence-electron chi connectivity index (χ4n) is 1.64. The van der Waals surface area contributed by atoms with Crippen LogP contribution in [0.25, 0.3) is 0 Å². The highest BCUT2D eigenvalue weighted by molar-refractivity contribution is 6.32. The molecule has 0 spiro atoms. The highest BCUT2D eigenvalue weighted by Gasteiger charge is 2.19.